The fourth-order valence-corrected chi connectivity index (χ4v) is 3.00. The molecule has 0 radical (unpaired) electrons. The van der Waals surface area contributed by atoms with Gasteiger partial charge in [0, 0.05) is 31.0 Å². The van der Waals surface area contributed by atoms with E-state index in [1.54, 1.807) is 4.90 Å². The SMILES string of the molecule is CC(C)CN1CC(C(=O)NC2CC(O)C2(C)C)CC1=O. The van der Waals surface area contributed by atoms with Gasteiger partial charge in [0.2, 0.25) is 11.8 Å². The van der Waals surface area contributed by atoms with Crippen molar-refractivity contribution in [2.75, 3.05) is 13.1 Å². The van der Waals surface area contributed by atoms with E-state index in [9.17, 15) is 14.7 Å². The summed E-state index contributed by atoms with van der Waals surface area (Å²) < 4.78 is 0. The van der Waals surface area contributed by atoms with Gasteiger partial charge >= 0.3 is 0 Å². The Bertz CT molecular complexity index is 406. The Balaban J connectivity index is 1.87. The highest BCUT2D eigenvalue weighted by Crippen LogP contribution is 2.40. The van der Waals surface area contributed by atoms with Crippen LogP contribution in [0.1, 0.15) is 40.5 Å². The molecular formula is C15H26N2O3. The molecule has 3 atom stereocenters. The second-order valence-electron chi connectivity index (χ2n) is 7.23. The molecule has 1 aliphatic carbocycles. The van der Waals surface area contributed by atoms with Crippen LogP contribution in [0.25, 0.3) is 0 Å². The minimum absolute atomic E-state index is 0.0132. The summed E-state index contributed by atoms with van der Waals surface area (Å²) in [6.07, 6.45) is 0.569. The number of carbonyl (C=O) groups is 2. The smallest absolute Gasteiger partial charge is 0.225 e. The van der Waals surface area contributed by atoms with Crippen molar-refractivity contribution in [1.82, 2.24) is 10.2 Å². The summed E-state index contributed by atoms with van der Waals surface area (Å²) in [4.78, 5) is 25.9. The summed E-state index contributed by atoms with van der Waals surface area (Å²) in [5, 5.41) is 12.7. The quantitative estimate of drug-likeness (QED) is 0.800. The van der Waals surface area contributed by atoms with Crippen LogP contribution in [0.2, 0.25) is 0 Å². The number of amides is 2. The molecular weight excluding hydrogens is 256 g/mol. The summed E-state index contributed by atoms with van der Waals surface area (Å²) in [6, 6.07) is 0.0132. The van der Waals surface area contributed by atoms with E-state index in [0.717, 1.165) is 6.54 Å². The van der Waals surface area contributed by atoms with Crippen molar-refractivity contribution in [3.63, 3.8) is 0 Å². The van der Waals surface area contributed by atoms with E-state index in [4.69, 9.17) is 0 Å². The molecule has 2 amide bonds. The number of nitrogens with zero attached hydrogens (tertiary/aromatic N) is 1. The second-order valence-corrected chi connectivity index (χ2v) is 7.23. The highest BCUT2D eigenvalue weighted by Gasteiger charge is 2.48. The number of hydrogen-bond donors (Lipinski definition) is 2. The van der Waals surface area contributed by atoms with Crippen LogP contribution in [0, 0.1) is 17.3 Å². The van der Waals surface area contributed by atoms with Gasteiger partial charge in [-0.2, -0.15) is 0 Å². The standard InChI is InChI=1S/C15H26N2O3/c1-9(2)7-17-8-10(5-13(17)19)14(20)16-11-6-12(18)15(11,3)4/h9-12,18H,5-8H2,1-4H3,(H,16,20). The van der Waals surface area contributed by atoms with Crippen molar-refractivity contribution in [3.8, 4) is 0 Å². The summed E-state index contributed by atoms with van der Waals surface area (Å²) >= 11 is 0. The van der Waals surface area contributed by atoms with Gasteiger partial charge in [-0.05, 0) is 12.3 Å². The first-order chi connectivity index (χ1) is 9.21. The normalized spacial score (nSPS) is 32.4. The lowest BCUT2D eigenvalue weighted by molar-refractivity contribution is -0.133. The molecule has 5 nitrogen and oxygen atoms in total. The maximum Gasteiger partial charge on any atom is 0.225 e. The highest BCUT2D eigenvalue weighted by atomic mass is 16.3. The molecule has 3 unspecified atom stereocenters. The number of aliphatic hydroxyl groups excluding tert-OH is 1. The first kappa shape index (κ1) is 15.3. The van der Waals surface area contributed by atoms with Crippen LogP contribution in [-0.2, 0) is 9.59 Å². The molecule has 2 aliphatic rings. The van der Waals surface area contributed by atoms with Crippen LogP contribution < -0.4 is 5.32 Å². The number of carbonyl (C=O) groups excluding carboxylic acids is 2. The van der Waals surface area contributed by atoms with Gasteiger partial charge in [-0.25, -0.2) is 0 Å². The van der Waals surface area contributed by atoms with Crippen LogP contribution in [0.3, 0.4) is 0 Å². The van der Waals surface area contributed by atoms with E-state index in [-0.39, 0.29) is 35.3 Å². The van der Waals surface area contributed by atoms with E-state index in [1.165, 1.54) is 0 Å². The van der Waals surface area contributed by atoms with Crippen molar-refractivity contribution in [1.29, 1.82) is 0 Å². The minimum atomic E-state index is -0.351. The Morgan fingerprint density at radius 2 is 2.15 bits per heavy atom. The Morgan fingerprint density at radius 3 is 2.65 bits per heavy atom. The van der Waals surface area contributed by atoms with Gasteiger partial charge in [-0.1, -0.05) is 27.7 Å². The molecule has 2 N–H and O–H groups in total. The molecule has 114 valence electrons. The molecule has 0 aromatic carbocycles. The number of likely N-dealkylation sites (tertiary alicyclic amines) is 1. The van der Waals surface area contributed by atoms with E-state index in [1.807, 2.05) is 13.8 Å². The van der Waals surface area contributed by atoms with E-state index in [0.29, 0.717) is 25.3 Å². The van der Waals surface area contributed by atoms with Crippen molar-refractivity contribution in [2.24, 2.45) is 17.3 Å². The molecule has 1 saturated carbocycles. The molecule has 1 saturated heterocycles. The maximum atomic E-state index is 12.2. The Labute approximate surface area is 120 Å². The molecule has 0 aromatic heterocycles. The number of aliphatic hydroxyl groups is 1. The molecule has 1 heterocycles. The third-order valence-corrected chi connectivity index (χ3v) is 4.70. The molecule has 0 spiro atoms. The predicted molar refractivity (Wildman–Crippen MR) is 75.9 cm³/mol. The molecule has 5 heteroatoms. The molecule has 1 aliphatic heterocycles. The zero-order valence-corrected chi connectivity index (χ0v) is 12.8. The average molecular weight is 282 g/mol. The van der Waals surface area contributed by atoms with Crippen LogP contribution in [0.4, 0.5) is 0 Å². The summed E-state index contributed by atoms with van der Waals surface area (Å²) in [5.41, 5.74) is -0.268. The Hall–Kier alpha value is -1.10. The lowest BCUT2D eigenvalue weighted by Gasteiger charge is -2.49. The molecule has 20 heavy (non-hydrogen) atoms. The number of nitrogens with one attached hydrogen (secondary N) is 1. The predicted octanol–water partition coefficient (Wildman–Crippen LogP) is 0.766. The van der Waals surface area contributed by atoms with E-state index >= 15 is 0 Å². The van der Waals surface area contributed by atoms with Gasteiger partial charge in [0.15, 0.2) is 0 Å². The van der Waals surface area contributed by atoms with Gasteiger partial charge < -0.3 is 15.3 Å². The lowest BCUT2D eigenvalue weighted by atomic mass is 9.64. The largest absolute Gasteiger partial charge is 0.392 e. The van der Waals surface area contributed by atoms with Crippen molar-refractivity contribution < 1.29 is 14.7 Å². The van der Waals surface area contributed by atoms with Crippen molar-refractivity contribution >= 4 is 11.8 Å². The molecule has 0 bridgehead atoms. The highest BCUT2D eigenvalue weighted by molar-refractivity contribution is 5.89. The number of rotatable bonds is 4. The summed E-state index contributed by atoms with van der Waals surface area (Å²) in [5.74, 6) is 0.206. The van der Waals surface area contributed by atoms with Crippen LogP contribution in [-0.4, -0.2) is 47.1 Å². The van der Waals surface area contributed by atoms with Gasteiger partial charge in [-0.3, -0.25) is 9.59 Å². The van der Waals surface area contributed by atoms with Gasteiger partial charge in [0.25, 0.3) is 0 Å². The van der Waals surface area contributed by atoms with E-state index in [2.05, 4.69) is 19.2 Å². The van der Waals surface area contributed by atoms with Gasteiger partial charge in [-0.15, -0.1) is 0 Å². The first-order valence-electron chi connectivity index (χ1n) is 7.48. The zero-order valence-electron chi connectivity index (χ0n) is 12.8. The molecule has 0 aromatic rings. The van der Waals surface area contributed by atoms with Crippen LogP contribution >= 0.6 is 0 Å². The van der Waals surface area contributed by atoms with E-state index < -0.39 is 0 Å². The average Bonchev–Trinajstić information content (AvgIpc) is 2.70. The van der Waals surface area contributed by atoms with Crippen molar-refractivity contribution in [3.05, 3.63) is 0 Å². The Kier molecular flexibility index (Phi) is 4.09. The van der Waals surface area contributed by atoms with Gasteiger partial charge in [0.05, 0.1) is 12.0 Å². The van der Waals surface area contributed by atoms with Crippen LogP contribution in [0.5, 0.6) is 0 Å². The van der Waals surface area contributed by atoms with Gasteiger partial charge in [0.1, 0.15) is 0 Å². The van der Waals surface area contributed by atoms with Crippen molar-refractivity contribution in [2.45, 2.75) is 52.7 Å². The maximum absolute atomic E-state index is 12.2. The minimum Gasteiger partial charge on any atom is -0.392 e. The molecule has 2 fully saturated rings. The fraction of sp³-hybridized carbons (Fsp3) is 0.867. The fourth-order valence-electron chi connectivity index (χ4n) is 3.00. The Morgan fingerprint density at radius 1 is 1.50 bits per heavy atom. The number of hydrogen-bond acceptors (Lipinski definition) is 3. The monoisotopic (exact) mass is 282 g/mol. The third kappa shape index (κ3) is 2.82. The summed E-state index contributed by atoms with van der Waals surface area (Å²) in [6.45, 7) is 9.29. The first-order valence-corrected chi connectivity index (χ1v) is 7.48. The lowest BCUT2D eigenvalue weighted by Crippen LogP contribution is -2.61. The summed E-state index contributed by atoms with van der Waals surface area (Å²) in [7, 11) is 0. The van der Waals surface area contributed by atoms with Crippen LogP contribution in [0.15, 0.2) is 0 Å². The zero-order chi connectivity index (χ0) is 15.1. The third-order valence-electron chi connectivity index (χ3n) is 4.70. The molecule has 2 rings (SSSR count). The second kappa shape index (κ2) is 5.35. The topological polar surface area (TPSA) is 69.6 Å².